The maximum absolute atomic E-state index is 2.44. The first-order valence-corrected chi connectivity index (χ1v) is 7.19. The van der Waals surface area contributed by atoms with E-state index in [9.17, 15) is 0 Å². The summed E-state index contributed by atoms with van der Waals surface area (Å²) in [7, 11) is 0. The predicted molar refractivity (Wildman–Crippen MR) is 66.9 cm³/mol. The van der Waals surface area contributed by atoms with Crippen LogP contribution in [0.25, 0.3) is 0 Å². The molecule has 2 bridgehead atoms. The van der Waals surface area contributed by atoms with Gasteiger partial charge in [0.15, 0.2) is 0 Å². The average molecular weight is 208 g/mol. The van der Waals surface area contributed by atoms with Crippen molar-refractivity contribution in [1.29, 1.82) is 0 Å². The second-order valence-corrected chi connectivity index (χ2v) is 6.06. The van der Waals surface area contributed by atoms with Crippen LogP contribution in [0.2, 0.25) is 0 Å². The quantitative estimate of drug-likeness (QED) is 0.608. The fourth-order valence-corrected chi connectivity index (χ4v) is 5.59. The van der Waals surface area contributed by atoms with Crippen LogP contribution >= 0.6 is 0 Å². The molecule has 2 aliphatic carbocycles. The third-order valence-electron chi connectivity index (χ3n) is 6.32. The van der Waals surface area contributed by atoms with Gasteiger partial charge in [-0.15, -0.1) is 0 Å². The van der Waals surface area contributed by atoms with Crippen LogP contribution in [-0.2, 0) is 0 Å². The number of fused-ring (bicyclic) bond motifs is 2. The lowest BCUT2D eigenvalue weighted by Crippen LogP contribution is -2.39. The van der Waals surface area contributed by atoms with E-state index in [1.807, 2.05) is 0 Å². The molecule has 0 radical (unpaired) electrons. The van der Waals surface area contributed by atoms with E-state index in [4.69, 9.17) is 0 Å². The largest absolute Gasteiger partial charge is 0.0651 e. The van der Waals surface area contributed by atoms with Crippen molar-refractivity contribution in [3.63, 3.8) is 0 Å². The van der Waals surface area contributed by atoms with Crippen molar-refractivity contribution in [2.45, 2.75) is 72.6 Å². The van der Waals surface area contributed by atoms with Gasteiger partial charge < -0.3 is 0 Å². The second-order valence-electron chi connectivity index (χ2n) is 6.06. The van der Waals surface area contributed by atoms with E-state index in [2.05, 4.69) is 27.7 Å². The Bertz CT molecular complexity index is 226. The molecule has 0 amide bonds. The molecule has 2 fully saturated rings. The van der Waals surface area contributed by atoms with E-state index in [1.165, 1.54) is 38.5 Å². The van der Waals surface area contributed by atoms with Gasteiger partial charge in [0.1, 0.15) is 0 Å². The zero-order chi connectivity index (χ0) is 11.1. The molecule has 15 heavy (non-hydrogen) atoms. The van der Waals surface area contributed by atoms with Crippen LogP contribution in [0, 0.1) is 22.7 Å². The van der Waals surface area contributed by atoms with Crippen LogP contribution in [0.4, 0.5) is 0 Å². The summed E-state index contributed by atoms with van der Waals surface area (Å²) >= 11 is 0. The molecular weight excluding hydrogens is 180 g/mol. The molecule has 0 heterocycles. The number of rotatable bonds is 4. The lowest BCUT2D eigenvalue weighted by molar-refractivity contribution is 0.0194. The summed E-state index contributed by atoms with van der Waals surface area (Å²) < 4.78 is 0. The zero-order valence-corrected chi connectivity index (χ0v) is 11.1. The first-order valence-electron chi connectivity index (χ1n) is 7.19. The van der Waals surface area contributed by atoms with Gasteiger partial charge in [0.25, 0.3) is 0 Å². The lowest BCUT2D eigenvalue weighted by Gasteiger charge is -2.47. The highest BCUT2D eigenvalue weighted by molar-refractivity contribution is 5.11. The maximum Gasteiger partial charge on any atom is -0.0241 e. The number of hydrogen-bond donors (Lipinski definition) is 0. The van der Waals surface area contributed by atoms with Crippen LogP contribution in [-0.4, -0.2) is 0 Å². The van der Waals surface area contributed by atoms with Crippen molar-refractivity contribution in [2.75, 3.05) is 0 Å². The molecule has 0 aromatic rings. The van der Waals surface area contributed by atoms with E-state index in [0.717, 1.165) is 22.7 Å². The van der Waals surface area contributed by atoms with Crippen molar-refractivity contribution in [3.8, 4) is 0 Å². The Kier molecular flexibility index (Phi) is 2.90. The minimum atomic E-state index is 0.725. The van der Waals surface area contributed by atoms with Gasteiger partial charge in [-0.1, -0.05) is 40.5 Å². The predicted octanol–water partition coefficient (Wildman–Crippen LogP) is 5.03. The fourth-order valence-electron chi connectivity index (χ4n) is 5.59. The van der Waals surface area contributed by atoms with Crippen molar-refractivity contribution >= 4 is 0 Å². The minimum absolute atomic E-state index is 0.725. The maximum atomic E-state index is 2.44. The van der Waals surface area contributed by atoms with Crippen LogP contribution in [0.3, 0.4) is 0 Å². The highest BCUT2D eigenvalue weighted by Crippen LogP contribution is 2.70. The summed E-state index contributed by atoms with van der Waals surface area (Å²) in [5.74, 6) is 2.10. The summed E-state index contributed by atoms with van der Waals surface area (Å²) in [6.07, 6.45) is 10.3. The third-order valence-corrected chi connectivity index (χ3v) is 6.32. The lowest BCUT2D eigenvalue weighted by atomic mass is 9.57. The Hall–Kier alpha value is 0. The minimum Gasteiger partial charge on any atom is -0.0651 e. The van der Waals surface area contributed by atoms with Crippen LogP contribution in [0.5, 0.6) is 0 Å². The summed E-state index contributed by atoms with van der Waals surface area (Å²) in [6.45, 7) is 9.75. The summed E-state index contributed by atoms with van der Waals surface area (Å²) in [5.41, 5.74) is 1.48. The summed E-state index contributed by atoms with van der Waals surface area (Å²) in [5, 5.41) is 0. The molecule has 0 spiro atoms. The van der Waals surface area contributed by atoms with E-state index in [1.54, 1.807) is 6.42 Å². The first-order chi connectivity index (χ1) is 7.19. The van der Waals surface area contributed by atoms with E-state index in [-0.39, 0.29) is 0 Å². The monoisotopic (exact) mass is 208 g/mol. The van der Waals surface area contributed by atoms with Crippen molar-refractivity contribution in [2.24, 2.45) is 22.7 Å². The highest BCUT2D eigenvalue weighted by Gasteiger charge is 2.61. The molecule has 3 atom stereocenters. The average Bonchev–Trinajstić information content (AvgIpc) is 2.82. The molecule has 2 saturated carbocycles. The molecule has 2 rings (SSSR count). The summed E-state index contributed by atoms with van der Waals surface area (Å²) in [4.78, 5) is 0. The second kappa shape index (κ2) is 3.79. The van der Waals surface area contributed by atoms with Gasteiger partial charge in [-0.05, 0) is 54.8 Å². The van der Waals surface area contributed by atoms with E-state index >= 15 is 0 Å². The molecule has 2 aliphatic rings. The van der Waals surface area contributed by atoms with Crippen molar-refractivity contribution in [3.05, 3.63) is 0 Å². The molecule has 0 aromatic heterocycles. The topological polar surface area (TPSA) is 0 Å². The van der Waals surface area contributed by atoms with Gasteiger partial charge in [-0.3, -0.25) is 0 Å². The standard InChI is InChI=1S/C15H28/c1-5-13-14(6-2)10-9-12(11-14)15(13,7-3)8-4/h12-13H,5-11H2,1-4H3. The van der Waals surface area contributed by atoms with Crippen molar-refractivity contribution in [1.82, 2.24) is 0 Å². The first kappa shape index (κ1) is 11.5. The molecule has 0 nitrogen and oxygen atoms in total. The van der Waals surface area contributed by atoms with Gasteiger partial charge in [-0.25, -0.2) is 0 Å². The van der Waals surface area contributed by atoms with Gasteiger partial charge >= 0.3 is 0 Å². The van der Waals surface area contributed by atoms with Crippen molar-refractivity contribution < 1.29 is 0 Å². The Balaban J connectivity index is 2.35. The van der Waals surface area contributed by atoms with Crippen LogP contribution in [0.15, 0.2) is 0 Å². The normalized spacial score (nSPS) is 42.4. The Labute approximate surface area is 95.8 Å². The number of hydrogen-bond acceptors (Lipinski definition) is 0. The van der Waals surface area contributed by atoms with E-state index in [0.29, 0.717) is 0 Å². The molecule has 0 saturated heterocycles. The van der Waals surface area contributed by atoms with Crippen LogP contribution < -0.4 is 0 Å². The van der Waals surface area contributed by atoms with Gasteiger partial charge in [0, 0.05) is 0 Å². The Morgan fingerprint density at radius 1 is 1.00 bits per heavy atom. The Morgan fingerprint density at radius 2 is 1.67 bits per heavy atom. The highest BCUT2D eigenvalue weighted by atomic mass is 14.7. The molecular formula is C15H28. The molecule has 88 valence electrons. The zero-order valence-electron chi connectivity index (χ0n) is 11.1. The molecule has 0 N–H and O–H groups in total. The molecule has 3 unspecified atom stereocenters. The van der Waals surface area contributed by atoms with Gasteiger partial charge in [0.05, 0.1) is 0 Å². The smallest absolute Gasteiger partial charge is 0.0241 e. The molecule has 0 aliphatic heterocycles. The molecule has 0 heteroatoms. The fraction of sp³-hybridized carbons (Fsp3) is 1.00. The summed E-state index contributed by atoms with van der Waals surface area (Å²) in [6, 6.07) is 0. The van der Waals surface area contributed by atoms with Crippen LogP contribution in [0.1, 0.15) is 72.6 Å². The Morgan fingerprint density at radius 3 is 2.13 bits per heavy atom. The SMILES string of the molecule is CCC1C2(CC)CCC(C2)C1(CC)CC. The van der Waals surface area contributed by atoms with E-state index < -0.39 is 0 Å². The van der Waals surface area contributed by atoms with Gasteiger partial charge in [-0.2, -0.15) is 0 Å². The third kappa shape index (κ3) is 1.26. The van der Waals surface area contributed by atoms with Gasteiger partial charge in [0.2, 0.25) is 0 Å². The molecule has 0 aromatic carbocycles.